The van der Waals surface area contributed by atoms with Gasteiger partial charge in [-0.05, 0) is 37.8 Å². The molecule has 7 heteroatoms. The third-order valence-corrected chi connectivity index (χ3v) is 3.61. The first-order chi connectivity index (χ1) is 10.9. The van der Waals surface area contributed by atoms with Crippen LogP contribution in [-0.2, 0) is 4.79 Å². The zero-order chi connectivity index (χ0) is 16.9. The Morgan fingerprint density at radius 2 is 1.61 bits per heavy atom. The second kappa shape index (κ2) is 7.30. The maximum Gasteiger partial charge on any atom is 0.454 e. The third-order valence-electron chi connectivity index (χ3n) is 3.61. The molecule has 1 aliphatic rings. The molecule has 1 aromatic rings. The van der Waals surface area contributed by atoms with Crippen LogP contribution in [0, 0.1) is 0 Å². The Kier molecular flexibility index (Phi) is 5.41. The lowest BCUT2D eigenvalue weighted by atomic mass is 10.0. The summed E-state index contributed by atoms with van der Waals surface area (Å²) in [6.07, 6.45) is -2.62. The fraction of sp³-hybridized carbons (Fsp3) is 0.375. The van der Waals surface area contributed by atoms with Gasteiger partial charge < -0.3 is 5.43 Å². The molecule has 1 aromatic carbocycles. The molecule has 2 N–H and O–H groups in total. The second-order valence-electron chi connectivity index (χ2n) is 5.29. The minimum absolute atomic E-state index is 0.0574. The minimum Gasteiger partial charge on any atom is -0.302 e. The van der Waals surface area contributed by atoms with Gasteiger partial charge in [-0.2, -0.15) is 13.2 Å². The van der Waals surface area contributed by atoms with E-state index in [1.807, 2.05) is 0 Å². The summed E-state index contributed by atoms with van der Waals surface area (Å²) in [6, 6.07) is 8.27. The normalized spacial score (nSPS) is 15.8. The first kappa shape index (κ1) is 17.1. The summed E-state index contributed by atoms with van der Waals surface area (Å²) in [5.41, 5.74) is 5.12. The lowest BCUT2D eigenvalue weighted by Crippen LogP contribution is -2.38. The van der Waals surface area contributed by atoms with Crippen molar-refractivity contribution in [3.63, 3.8) is 0 Å². The van der Waals surface area contributed by atoms with Crippen molar-refractivity contribution in [1.82, 2.24) is 10.9 Å². The van der Waals surface area contributed by atoms with E-state index >= 15 is 0 Å². The van der Waals surface area contributed by atoms with Gasteiger partial charge >= 0.3 is 6.18 Å². The van der Waals surface area contributed by atoms with Gasteiger partial charge in [0.2, 0.25) is 0 Å². The summed E-state index contributed by atoms with van der Waals surface area (Å²) in [5.74, 6) is -2.31. The highest BCUT2D eigenvalue weighted by Gasteiger charge is 2.41. The van der Waals surface area contributed by atoms with E-state index in [0.717, 1.165) is 6.42 Å². The van der Waals surface area contributed by atoms with Gasteiger partial charge in [-0.25, -0.2) is 0 Å². The number of hydrogen-bond donors (Lipinski definition) is 2. The Hall–Kier alpha value is -2.31. The number of nitrogens with one attached hydrogen (secondary N) is 2. The molecule has 2 rings (SSSR count). The maximum atomic E-state index is 12.7. The minimum atomic E-state index is -4.91. The topological polar surface area (TPSA) is 58.2 Å². The van der Waals surface area contributed by atoms with Gasteiger partial charge in [0.1, 0.15) is 0 Å². The zero-order valence-corrected chi connectivity index (χ0v) is 12.4. The van der Waals surface area contributed by atoms with E-state index in [9.17, 15) is 22.8 Å². The van der Waals surface area contributed by atoms with E-state index in [2.05, 4.69) is 10.9 Å². The van der Waals surface area contributed by atoms with Crippen LogP contribution in [0.2, 0.25) is 0 Å². The highest BCUT2D eigenvalue weighted by molar-refractivity contribution is 6.00. The molecule has 0 radical (unpaired) electrons. The van der Waals surface area contributed by atoms with Crippen LogP contribution in [0.3, 0.4) is 0 Å². The molecule has 0 fully saturated rings. The molecular formula is C16H17F3N2O2. The number of allylic oxidation sites excluding steroid dienone is 2. The number of carbonyl (C=O) groups excluding carboxylic acids is 2. The molecule has 124 valence electrons. The highest BCUT2D eigenvalue weighted by atomic mass is 19.4. The number of rotatable bonds is 4. The van der Waals surface area contributed by atoms with Gasteiger partial charge in [0, 0.05) is 16.8 Å². The molecule has 0 heterocycles. The molecule has 0 saturated carbocycles. The van der Waals surface area contributed by atoms with Crippen molar-refractivity contribution < 1.29 is 22.8 Å². The number of hydrogen-bond acceptors (Lipinski definition) is 3. The molecule has 0 atom stereocenters. The second-order valence-corrected chi connectivity index (χ2v) is 5.29. The smallest absolute Gasteiger partial charge is 0.302 e. The molecule has 0 aromatic heterocycles. The van der Waals surface area contributed by atoms with Crippen LogP contribution in [0.15, 0.2) is 41.6 Å². The van der Waals surface area contributed by atoms with Crippen molar-refractivity contribution in [3.05, 3.63) is 47.2 Å². The largest absolute Gasteiger partial charge is 0.454 e. The van der Waals surface area contributed by atoms with E-state index in [1.165, 1.54) is 0 Å². The van der Waals surface area contributed by atoms with E-state index in [0.29, 0.717) is 24.8 Å². The molecule has 0 aliphatic heterocycles. The molecular weight excluding hydrogens is 309 g/mol. The molecule has 4 nitrogen and oxygen atoms in total. The third kappa shape index (κ3) is 4.58. The van der Waals surface area contributed by atoms with Gasteiger partial charge in [-0.3, -0.25) is 15.0 Å². The van der Waals surface area contributed by atoms with Crippen LogP contribution in [0.4, 0.5) is 13.2 Å². The zero-order valence-electron chi connectivity index (χ0n) is 12.4. The number of alkyl halides is 3. The number of ketones is 1. The van der Waals surface area contributed by atoms with Crippen LogP contribution in [-0.4, -0.2) is 17.9 Å². The maximum absolute atomic E-state index is 12.7. The standard InChI is InChI=1S/C16H17F3N2O2/c17-16(18,19)14(22)12-9-5-2-6-10-13(12)20-21-15(23)11-7-3-1-4-8-11/h1,3-4,7-8,20H,2,5-6,9-10H2,(H,21,23). The van der Waals surface area contributed by atoms with Gasteiger partial charge in [0.05, 0.1) is 0 Å². The number of hydrazine groups is 1. The fourth-order valence-corrected chi connectivity index (χ4v) is 2.44. The number of halogens is 3. The van der Waals surface area contributed by atoms with Crippen LogP contribution in [0.5, 0.6) is 0 Å². The first-order valence-electron chi connectivity index (χ1n) is 7.34. The Balaban J connectivity index is 2.14. The molecule has 1 aliphatic carbocycles. The molecule has 1 amide bonds. The van der Waals surface area contributed by atoms with Crippen LogP contribution in [0.1, 0.15) is 42.5 Å². The molecule has 0 unspecified atom stereocenters. The van der Waals surface area contributed by atoms with Gasteiger partial charge in [0.15, 0.2) is 0 Å². The van der Waals surface area contributed by atoms with Gasteiger partial charge in [-0.1, -0.05) is 24.6 Å². The van der Waals surface area contributed by atoms with E-state index in [-0.39, 0.29) is 17.7 Å². The van der Waals surface area contributed by atoms with Crippen LogP contribution in [0.25, 0.3) is 0 Å². The SMILES string of the molecule is O=C(NNC1=C(C(=O)C(F)(F)F)CCCCC1)c1ccccc1. The Morgan fingerprint density at radius 3 is 2.26 bits per heavy atom. The number of benzene rings is 1. The average molecular weight is 326 g/mol. The predicted molar refractivity (Wildman–Crippen MR) is 78.2 cm³/mol. The molecule has 0 bridgehead atoms. The monoisotopic (exact) mass is 326 g/mol. The van der Waals surface area contributed by atoms with Gasteiger partial charge in [-0.15, -0.1) is 0 Å². The number of amides is 1. The van der Waals surface area contributed by atoms with Crippen molar-refractivity contribution >= 4 is 11.7 Å². The van der Waals surface area contributed by atoms with E-state index < -0.39 is 17.9 Å². The first-order valence-corrected chi connectivity index (χ1v) is 7.34. The van der Waals surface area contributed by atoms with Crippen molar-refractivity contribution in [2.24, 2.45) is 0 Å². The Morgan fingerprint density at radius 1 is 0.957 bits per heavy atom. The van der Waals surface area contributed by atoms with Crippen LogP contribution < -0.4 is 10.9 Å². The summed E-state index contributed by atoms with van der Waals surface area (Å²) >= 11 is 0. The predicted octanol–water partition coefficient (Wildman–Crippen LogP) is 3.27. The molecule has 0 spiro atoms. The quantitative estimate of drug-likeness (QED) is 0.835. The van der Waals surface area contributed by atoms with E-state index in [1.54, 1.807) is 30.3 Å². The Labute approximate surface area is 131 Å². The lowest BCUT2D eigenvalue weighted by Gasteiger charge is -2.16. The summed E-state index contributed by atoms with van der Waals surface area (Å²) in [5, 5.41) is 0. The van der Waals surface area contributed by atoms with Crippen molar-refractivity contribution in [1.29, 1.82) is 0 Å². The van der Waals surface area contributed by atoms with Crippen molar-refractivity contribution in [2.45, 2.75) is 38.3 Å². The highest BCUT2D eigenvalue weighted by Crippen LogP contribution is 2.29. The number of Topliss-reactive ketones (excluding diaryl/α,β-unsaturated/α-hetero) is 1. The van der Waals surface area contributed by atoms with E-state index in [4.69, 9.17) is 0 Å². The summed E-state index contributed by atoms with van der Waals surface area (Å²) in [4.78, 5) is 23.5. The number of carbonyl (C=O) groups is 2. The summed E-state index contributed by atoms with van der Waals surface area (Å²) in [6.45, 7) is 0. The van der Waals surface area contributed by atoms with Gasteiger partial charge in [0.25, 0.3) is 11.7 Å². The Bertz CT molecular complexity index is 610. The summed E-state index contributed by atoms with van der Waals surface area (Å²) < 4.78 is 38.1. The fourth-order valence-electron chi connectivity index (χ4n) is 2.44. The summed E-state index contributed by atoms with van der Waals surface area (Å²) in [7, 11) is 0. The average Bonchev–Trinajstić information content (AvgIpc) is 2.77. The van der Waals surface area contributed by atoms with Crippen molar-refractivity contribution in [3.8, 4) is 0 Å². The molecule has 23 heavy (non-hydrogen) atoms. The van der Waals surface area contributed by atoms with Crippen molar-refractivity contribution in [2.75, 3.05) is 0 Å². The molecule has 0 saturated heterocycles. The van der Waals surface area contributed by atoms with Crippen LogP contribution >= 0.6 is 0 Å². The lowest BCUT2D eigenvalue weighted by molar-refractivity contribution is -0.166.